The smallest absolute Gasteiger partial charge is 0.342 e. The molecule has 2 rings (SSSR count). The zero-order chi connectivity index (χ0) is 14.2. The first-order valence-corrected chi connectivity index (χ1v) is 5.47. The Morgan fingerprint density at radius 3 is 2.74 bits per heavy atom. The van der Waals surface area contributed by atoms with Crippen LogP contribution in [-0.2, 0) is 4.74 Å². The summed E-state index contributed by atoms with van der Waals surface area (Å²) in [6.45, 7) is -0.429. The number of aromatic carboxylic acids is 1. The van der Waals surface area contributed by atoms with E-state index in [2.05, 4.69) is 0 Å². The molecule has 9 heteroatoms. The number of H-pyrrole nitrogens is 1. The van der Waals surface area contributed by atoms with Crippen molar-refractivity contribution in [3.63, 3.8) is 0 Å². The third-order valence-corrected chi connectivity index (χ3v) is 2.89. The van der Waals surface area contributed by atoms with Crippen LogP contribution >= 0.6 is 0 Å². The van der Waals surface area contributed by atoms with Crippen LogP contribution in [0.1, 0.15) is 23.0 Å². The number of hydrogen-bond donors (Lipinski definition) is 4. The molecule has 0 radical (unpaired) electrons. The van der Waals surface area contributed by atoms with Gasteiger partial charge in [-0.3, -0.25) is 14.3 Å². The number of carbonyl (C=O) groups is 1. The molecule has 0 aromatic carbocycles. The monoisotopic (exact) mass is 272 g/mol. The maximum atomic E-state index is 11.6. The molecule has 104 valence electrons. The fraction of sp³-hybridized carbons (Fsp3) is 0.500. The topological polar surface area (TPSA) is 142 Å². The SMILES string of the molecule is O=C(O)c1cn([C@@H]2CC(O)[C@H](CO)O2)c(=O)[nH]c1=O. The molecule has 9 nitrogen and oxygen atoms in total. The predicted octanol–water partition coefficient (Wildman–Crippen LogP) is -2.12. The van der Waals surface area contributed by atoms with Crippen LogP contribution in [0.4, 0.5) is 0 Å². The highest BCUT2D eigenvalue weighted by atomic mass is 16.5. The minimum absolute atomic E-state index is 0.0102. The predicted molar refractivity (Wildman–Crippen MR) is 59.9 cm³/mol. The molecule has 0 bridgehead atoms. The minimum atomic E-state index is -1.48. The first kappa shape index (κ1) is 13.5. The van der Waals surface area contributed by atoms with Crippen molar-refractivity contribution in [2.24, 2.45) is 0 Å². The molecule has 1 saturated heterocycles. The van der Waals surface area contributed by atoms with E-state index in [0.29, 0.717) is 0 Å². The van der Waals surface area contributed by atoms with E-state index >= 15 is 0 Å². The normalized spacial score (nSPS) is 26.5. The van der Waals surface area contributed by atoms with Crippen molar-refractivity contribution in [2.45, 2.75) is 24.9 Å². The van der Waals surface area contributed by atoms with Crippen molar-refractivity contribution in [3.05, 3.63) is 32.6 Å². The van der Waals surface area contributed by atoms with Crippen LogP contribution in [0.5, 0.6) is 0 Å². The van der Waals surface area contributed by atoms with Gasteiger partial charge in [-0.2, -0.15) is 0 Å². The van der Waals surface area contributed by atoms with Gasteiger partial charge in [0.05, 0.1) is 12.7 Å². The van der Waals surface area contributed by atoms with Crippen LogP contribution in [0, 0.1) is 0 Å². The Bertz CT molecular complexity index is 605. The van der Waals surface area contributed by atoms with E-state index in [4.69, 9.17) is 14.9 Å². The largest absolute Gasteiger partial charge is 0.477 e. The summed E-state index contributed by atoms with van der Waals surface area (Å²) in [6.07, 6.45) is -1.88. The summed E-state index contributed by atoms with van der Waals surface area (Å²) in [7, 11) is 0. The summed E-state index contributed by atoms with van der Waals surface area (Å²) in [6, 6.07) is 0. The third kappa shape index (κ3) is 2.43. The second-order valence-corrected chi connectivity index (χ2v) is 4.13. The molecule has 2 heterocycles. The molecule has 1 aliphatic rings. The molecular formula is C10H12N2O7. The summed E-state index contributed by atoms with van der Waals surface area (Å²) >= 11 is 0. The number of rotatable bonds is 3. The molecule has 3 atom stereocenters. The van der Waals surface area contributed by atoms with Crippen LogP contribution in [0.15, 0.2) is 15.8 Å². The number of aromatic amines is 1. The van der Waals surface area contributed by atoms with Crippen LogP contribution in [-0.4, -0.2) is 49.7 Å². The van der Waals surface area contributed by atoms with E-state index in [9.17, 15) is 19.5 Å². The molecule has 0 aliphatic carbocycles. The van der Waals surface area contributed by atoms with Gasteiger partial charge in [-0.15, -0.1) is 0 Å². The van der Waals surface area contributed by atoms with Gasteiger partial charge in [0.2, 0.25) is 0 Å². The average Bonchev–Trinajstić information content (AvgIpc) is 2.69. The van der Waals surface area contributed by atoms with Crippen LogP contribution in [0.2, 0.25) is 0 Å². The third-order valence-electron chi connectivity index (χ3n) is 2.89. The number of nitrogens with zero attached hydrogens (tertiary/aromatic N) is 1. The molecule has 1 unspecified atom stereocenters. The standard InChI is InChI=1S/C10H12N2O7/c13-3-6-5(14)1-7(19-6)12-2-4(9(16)17)8(15)11-10(12)18/h2,5-7,13-14H,1,3H2,(H,16,17)(H,11,15,18)/t5?,6-,7-/m0/s1. The lowest BCUT2D eigenvalue weighted by atomic mass is 10.2. The summed E-state index contributed by atoms with van der Waals surface area (Å²) < 4.78 is 6.09. The fourth-order valence-electron chi connectivity index (χ4n) is 1.90. The summed E-state index contributed by atoms with van der Waals surface area (Å²) in [5.41, 5.74) is -2.46. The van der Waals surface area contributed by atoms with Gasteiger partial charge in [0.1, 0.15) is 17.9 Å². The van der Waals surface area contributed by atoms with Gasteiger partial charge in [0, 0.05) is 12.6 Å². The first-order valence-electron chi connectivity index (χ1n) is 5.47. The average molecular weight is 272 g/mol. The number of aliphatic hydroxyl groups is 2. The molecular weight excluding hydrogens is 260 g/mol. The van der Waals surface area contributed by atoms with Gasteiger partial charge in [-0.25, -0.2) is 9.59 Å². The molecule has 0 spiro atoms. The Hall–Kier alpha value is -1.97. The highest BCUT2D eigenvalue weighted by molar-refractivity contribution is 5.86. The summed E-state index contributed by atoms with van der Waals surface area (Å²) in [5.74, 6) is -1.48. The van der Waals surface area contributed by atoms with E-state index in [1.807, 2.05) is 4.98 Å². The summed E-state index contributed by atoms with van der Waals surface area (Å²) in [5, 5.41) is 27.3. The van der Waals surface area contributed by atoms with Crippen molar-refractivity contribution in [1.29, 1.82) is 0 Å². The quantitative estimate of drug-likeness (QED) is 0.492. The second-order valence-electron chi connectivity index (χ2n) is 4.13. The van der Waals surface area contributed by atoms with E-state index in [1.165, 1.54) is 0 Å². The fourth-order valence-corrected chi connectivity index (χ4v) is 1.90. The Morgan fingerprint density at radius 2 is 2.21 bits per heavy atom. The van der Waals surface area contributed by atoms with Crippen LogP contribution in [0.25, 0.3) is 0 Å². The van der Waals surface area contributed by atoms with E-state index in [-0.39, 0.29) is 6.42 Å². The van der Waals surface area contributed by atoms with Gasteiger partial charge in [0.15, 0.2) is 0 Å². The Balaban J connectivity index is 2.41. The maximum absolute atomic E-state index is 11.6. The molecule has 1 aromatic heterocycles. The van der Waals surface area contributed by atoms with Crippen LogP contribution < -0.4 is 11.2 Å². The number of ether oxygens (including phenoxy) is 1. The number of aromatic nitrogens is 2. The van der Waals surface area contributed by atoms with Gasteiger partial charge >= 0.3 is 11.7 Å². The first-order chi connectivity index (χ1) is 8.93. The molecule has 19 heavy (non-hydrogen) atoms. The number of aliphatic hydroxyl groups excluding tert-OH is 2. The second kappa shape index (κ2) is 4.96. The molecule has 1 fully saturated rings. The Labute approximate surface area is 105 Å². The number of nitrogens with one attached hydrogen (secondary N) is 1. The Morgan fingerprint density at radius 1 is 1.53 bits per heavy atom. The lowest BCUT2D eigenvalue weighted by Gasteiger charge is -2.14. The van der Waals surface area contributed by atoms with Crippen molar-refractivity contribution < 1.29 is 24.9 Å². The number of hydrogen-bond acceptors (Lipinski definition) is 6. The zero-order valence-electron chi connectivity index (χ0n) is 9.65. The van der Waals surface area contributed by atoms with Gasteiger partial charge < -0.3 is 20.1 Å². The minimum Gasteiger partial charge on any atom is -0.477 e. The van der Waals surface area contributed by atoms with Crippen molar-refractivity contribution in [3.8, 4) is 0 Å². The molecule has 0 amide bonds. The highest BCUT2D eigenvalue weighted by Gasteiger charge is 2.35. The lowest BCUT2D eigenvalue weighted by molar-refractivity contribution is -0.0460. The van der Waals surface area contributed by atoms with E-state index in [0.717, 1.165) is 10.8 Å². The molecule has 1 aromatic rings. The van der Waals surface area contributed by atoms with Gasteiger partial charge in [-0.05, 0) is 0 Å². The maximum Gasteiger partial charge on any atom is 0.342 e. The molecule has 1 aliphatic heterocycles. The molecule has 4 N–H and O–H groups in total. The van der Waals surface area contributed by atoms with Crippen molar-refractivity contribution in [2.75, 3.05) is 6.61 Å². The van der Waals surface area contributed by atoms with E-state index in [1.54, 1.807) is 0 Å². The van der Waals surface area contributed by atoms with Gasteiger partial charge in [0.25, 0.3) is 5.56 Å². The highest BCUT2D eigenvalue weighted by Crippen LogP contribution is 2.27. The van der Waals surface area contributed by atoms with Crippen molar-refractivity contribution in [1.82, 2.24) is 9.55 Å². The molecule has 0 saturated carbocycles. The number of carboxylic acid groups (broad SMARTS) is 1. The zero-order valence-corrected chi connectivity index (χ0v) is 9.65. The summed E-state index contributed by atoms with van der Waals surface area (Å²) in [4.78, 5) is 35.5. The van der Waals surface area contributed by atoms with Gasteiger partial charge in [-0.1, -0.05) is 0 Å². The lowest BCUT2D eigenvalue weighted by Crippen LogP contribution is -2.35. The Kier molecular flexibility index (Phi) is 3.51. The van der Waals surface area contributed by atoms with Crippen molar-refractivity contribution >= 4 is 5.97 Å². The number of carboxylic acids is 1. The van der Waals surface area contributed by atoms with E-state index < -0.39 is 47.8 Å². The van der Waals surface area contributed by atoms with Crippen LogP contribution in [0.3, 0.4) is 0 Å².